The molecule has 1 aliphatic carbocycles. The summed E-state index contributed by atoms with van der Waals surface area (Å²) in [5.41, 5.74) is 0.419. The average molecular weight is 293 g/mol. The molecule has 2 atom stereocenters. The summed E-state index contributed by atoms with van der Waals surface area (Å²) in [4.78, 5) is 22.3. The second-order valence-electron chi connectivity index (χ2n) is 5.44. The van der Waals surface area contributed by atoms with Gasteiger partial charge in [0, 0.05) is 22.9 Å². The first-order valence-electron chi connectivity index (χ1n) is 6.95. The van der Waals surface area contributed by atoms with Crippen LogP contribution in [0.3, 0.4) is 0 Å². The molecule has 1 fully saturated rings. The highest BCUT2D eigenvalue weighted by Gasteiger charge is 2.20. The van der Waals surface area contributed by atoms with Crippen LogP contribution in [0, 0.1) is 16.0 Å². The van der Waals surface area contributed by atoms with Gasteiger partial charge in [0.2, 0.25) is 0 Å². The predicted octanol–water partition coefficient (Wildman–Crippen LogP) is 4.09. The van der Waals surface area contributed by atoms with Gasteiger partial charge in [-0.1, -0.05) is 31.9 Å². The lowest BCUT2D eigenvalue weighted by Crippen LogP contribution is -2.17. The van der Waals surface area contributed by atoms with Crippen LogP contribution in [-0.4, -0.2) is 21.7 Å². The number of carbonyl (C=O) groups is 1. The monoisotopic (exact) mass is 293 g/mol. The lowest BCUT2D eigenvalue weighted by atomic mass is 9.91. The van der Waals surface area contributed by atoms with E-state index in [4.69, 9.17) is 0 Å². The fraction of sp³-hybridized carbons (Fsp3) is 0.533. The van der Waals surface area contributed by atoms with Crippen LogP contribution < -0.4 is 0 Å². The Labute approximate surface area is 123 Å². The molecule has 1 aromatic carbocycles. The highest BCUT2D eigenvalue weighted by atomic mass is 32.2. The van der Waals surface area contributed by atoms with Crippen LogP contribution >= 0.6 is 11.8 Å². The third kappa shape index (κ3) is 4.07. The summed E-state index contributed by atoms with van der Waals surface area (Å²) in [5, 5.41) is 11.3. The van der Waals surface area contributed by atoms with Gasteiger partial charge in [-0.05, 0) is 18.8 Å². The fourth-order valence-electron chi connectivity index (χ4n) is 2.60. The minimum atomic E-state index is -0.466. The van der Waals surface area contributed by atoms with Crippen molar-refractivity contribution in [2.75, 3.05) is 5.75 Å². The molecular formula is C15H19NO3S. The molecule has 4 nitrogen and oxygen atoms in total. The fourth-order valence-corrected chi connectivity index (χ4v) is 3.95. The minimum absolute atomic E-state index is 0.0167. The van der Waals surface area contributed by atoms with Crippen molar-refractivity contribution in [3.8, 4) is 0 Å². The molecule has 1 aliphatic rings. The van der Waals surface area contributed by atoms with Crippen molar-refractivity contribution in [3.05, 3.63) is 39.9 Å². The number of carbonyl (C=O) groups excluding carboxylic acids is 1. The molecular weight excluding hydrogens is 274 g/mol. The van der Waals surface area contributed by atoms with Gasteiger partial charge in [-0.3, -0.25) is 14.9 Å². The molecule has 20 heavy (non-hydrogen) atoms. The van der Waals surface area contributed by atoms with E-state index < -0.39 is 4.92 Å². The Morgan fingerprint density at radius 1 is 1.45 bits per heavy atom. The van der Waals surface area contributed by atoms with Gasteiger partial charge in [0.15, 0.2) is 5.78 Å². The van der Waals surface area contributed by atoms with Crippen LogP contribution in [0.4, 0.5) is 5.69 Å². The van der Waals surface area contributed by atoms with Gasteiger partial charge in [0.05, 0.1) is 10.7 Å². The number of nitro groups is 1. The van der Waals surface area contributed by atoms with Crippen molar-refractivity contribution in [1.29, 1.82) is 0 Å². The lowest BCUT2D eigenvalue weighted by Gasteiger charge is -2.25. The van der Waals surface area contributed by atoms with Crippen molar-refractivity contribution in [1.82, 2.24) is 0 Å². The van der Waals surface area contributed by atoms with Crippen molar-refractivity contribution in [2.45, 2.75) is 37.9 Å². The van der Waals surface area contributed by atoms with Crippen LogP contribution in [0.5, 0.6) is 0 Å². The summed E-state index contributed by atoms with van der Waals surface area (Å²) in [6.45, 7) is 2.26. The SMILES string of the molecule is CC1CCCC(SCC(=O)c2cccc([N+](=O)[O-])c2)C1. The zero-order chi connectivity index (χ0) is 14.5. The second kappa shape index (κ2) is 6.88. The molecule has 0 spiro atoms. The van der Waals surface area contributed by atoms with E-state index >= 15 is 0 Å². The van der Waals surface area contributed by atoms with Gasteiger partial charge >= 0.3 is 0 Å². The van der Waals surface area contributed by atoms with E-state index in [0.29, 0.717) is 16.6 Å². The number of nitro benzene ring substituents is 1. The Balaban J connectivity index is 1.91. The standard InChI is InChI=1S/C15H19NO3S/c1-11-4-2-7-14(8-11)20-10-15(17)12-5-3-6-13(9-12)16(18)19/h3,5-6,9,11,14H,2,4,7-8,10H2,1H3. The second-order valence-corrected chi connectivity index (χ2v) is 6.72. The van der Waals surface area contributed by atoms with Gasteiger partial charge in [-0.15, -0.1) is 0 Å². The molecule has 0 amide bonds. The van der Waals surface area contributed by atoms with Crippen LogP contribution in [0.15, 0.2) is 24.3 Å². The quantitative estimate of drug-likeness (QED) is 0.466. The number of hydrogen-bond acceptors (Lipinski definition) is 4. The maximum absolute atomic E-state index is 12.1. The third-order valence-corrected chi connectivity index (χ3v) is 5.05. The minimum Gasteiger partial charge on any atom is -0.293 e. The molecule has 0 radical (unpaired) electrons. The lowest BCUT2D eigenvalue weighted by molar-refractivity contribution is -0.384. The molecule has 0 saturated heterocycles. The number of thioether (sulfide) groups is 1. The van der Waals surface area contributed by atoms with Gasteiger partial charge in [0.25, 0.3) is 5.69 Å². The van der Waals surface area contributed by atoms with Gasteiger partial charge in [0.1, 0.15) is 0 Å². The van der Waals surface area contributed by atoms with E-state index in [1.54, 1.807) is 23.9 Å². The summed E-state index contributed by atoms with van der Waals surface area (Å²) in [7, 11) is 0. The Hall–Kier alpha value is -1.36. The molecule has 5 heteroatoms. The third-order valence-electron chi connectivity index (χ3n) is 3.72. The Kier molecular flexibility index (Phi) is 5.17. The zero-order valence-corrected chi connectivity index (χ0v) is 12.4. The molecule has 0 N–H and O–H groups in total. The van der Waals surface area contributed by atoms with E-state index in [0.717, 1.165) is 5.92 Å². The molecule has 2 rings (SSSR count). The maximum Gasteiger partial charge on any atom is 0.270 e. The molecule has 0 bridgehead atoms. The summed E-state index contributed by atoms with van der Waals surface area (Å²) >= 11 is 1.70. The summed E-state index contributed by atoms with van der Waals surface area (Å²) in [5.74, 6) is 1.14. The van der Waals surface area contributed by atoms with Crippen molar-refractivity contribution >= 4 is 23.2 Å². The largest absolute Gasteiger partial charge is 0.293 e. The number of hydrogen-bond donors (Lipinski definition) is 0. The first-order chi connectivity index (χ1) is 9.56. The van der Waals surface area contributed by atoms with Crippen LogP contribution in [-0.2, 0) is 0 Å². The van der Waals surface area contributed by atoms with Crippen LogP contribution in [0.1, 0.15) is 43.0 Å². The summed E-state index contributed by atoms with van der Waals surface area (Å²) in [6, 6.07) is 6.00. The van der Waals surface area contributed by atoms with Gasteiger partial charge < -0.3 is 0 Å². The molecule has 1 saturated carbocycles. The van der Waals surface area contributed by atoms with Crippen LogP contribution in [0.25, 0.3) is 0 Å². The summed E-state index contributed by atoms with van der Waals surface area (Å²) in [6.07, 6.45) is 4.88. The van der Waals surface area contributed by atoms with E-state index in [9.17, 15) is 14.9 Å². The number of ketones is 1. The average Bonchev–Trinajstić information content (AvgIpc) is 2.45. The smallest absolute Gasteiger partial charge is 0.270 e. The number of Topliss-reactive ketones (excluding diaryl/α,β-unsaturated/α-hetero) is 1. The zero-order valence-electron chi connectivity index (χ0n) is 11.6. The van der Waals surface area contributed by atoms with Gasteiger partial charge in [-0.2, -0.15) is 11.8 Å². The maximum atomic E-state index is 12.1. The summed E-state index contributed by atoms with van der Waals surface area (Å²) < 4.78 is 0. The molecule has 0 heterocycles. The molecule has 2 unspecified atom stereocenters. The molecule has 0 aliphatic heterocycles. The van der Waals surface area contributed by atoms with Crippen molar-refractivity contribution < 1.29 is 9.72 Å². The topological polar surface area (TPSA) is 60.2 Å². The molecule has 0 aromatic heterocycles. The number of nitrogens with zero attached hydrogens (tertiary/aromatic N) is 1. The normalized spacial score (nSPS) is 22.4. The number of benzene rings is 1. The predicted molar refractivity (Wildman–Crippen MR) is 81.3 cm³/mol. The number of non-ortho nitro benzene ring substituents is 1. The molecule has 1 aromatic rings. The number of rotatable bonds is 5. The van der Waals surface area contributed by atoms with Gasteiger partial charge in [-0.25, -0.2) is 0 Å². The van der Waals surface area contributed by atoms with Crippen molar-refractivity contribution in [3.63, 3.8) is 0 Å². The Bertz CT molecular complexity index is 504. The van der Waals surface area contributed by atoms with E-state index in [1.807, 2.05) is 0 Å². The Morgan fingerprint density at radius 3 is 2.95 bits per heavy atom. The first-order valence-corrected chi connectivity index (χ1v) is 8.00. The van der Waals surface area contributed by atoms with E-state index in [2.05, 4.69) is 6.92 Å². The van der Waals surface area contributed by atoms with Crippen molar-refractivity contribution in [2.24, 2.45) is 5.92 Å². The highest BCUT2D eigenvalue weighted by Crippen LogP contribution is 2.32. The highest BCUT2D eigenvalue weighted by molar-refractivity contribution is 8.00. The van der Waals surface area contributed by atoms with E-state index in [1.165, 1.54) is 37.8 Å². The van der Waals surface area contributed by atoms with Crippen LogP contribution in [0.2, 0.25) is 0 Å². The first kappa shape index (κ1) is 15.0. The Morgan fingerprint density at radius 2 is 2.25 bits per heavy atom. The van der Waals surface area contributed by atoms with E-state index in [-0.39, 0.29) is 11.5 Å². The molecule has 108 valence electrons.